The summed E-state index contributed by atoms with van der Waals surface area (Å²) in [4.78, 5) is 30.1. The molecule has 218 valence electrons. The Bertz CT molecular complexity index is 1570. The summed E-state index contributed by atoms with van der Waals surface area (Å²) in [6.07, 6.45) is 5.38. The normalized spacial score (nSPS) is 14.6. The summed E-state index contributed by atoms with van der Waals surface area (Å²) in [7, 11) is 0. The number of pyridine rings is 1. The van der Waals surface area contributed by atoms with Crippen molar-refractivity contribution in [1.29, 1.82) is 0 Å². The standard InChI is InChI=1S/C35H37FN2O4/c1-35(2,3)25-11-16-27(17-12-25)42-28-15-10-24-20-31(37-30(29(24)21-28)18-22-6-4-5-7-22)33(39)38-32(34(40)41)19-23-8-13-26(36)14-9-23/h8-17,20-22,32H,4-7,18-19H2,1-3H3,(H,38,39)(H,40,41)/t32-/m0/s1. The van der Waals surface area contributed by atoms with Crippen LogP contribution in [0.5, 0.6) is 11.5 Å². The number of rotatable bonds is 9. The molecule has 0 saturated heterocycles. The molecular weight excluding hydrogens is 531 g/mol. The van der Waals surface area contributed by atoms with Gasteiger partial charge in [0.15, 0.2) is 0 Å². The Morgan fingerprint density at radius 1 is 0.976 bits per heavy atom. The molecule has 0 unspecified atom stereocenters. The molecule has 1 atom stereocenters. The van der Waals surface area contributed by atoms with E-state index in [1.165, 1.54) is 42.7 Å². The SMILES string of the molecule is CC(C)(C)c1ccc(Oc2ccc3cc(C(=O)N[C@@H](Cc4ccc(F)cc4)C(=O)O)nc(CC4CCCC4)c3c2)cc1. The highest BCUT2D eigenvalue weighted by molar-refractivity contribution is 5.99. The van der Waals surface area contributed by atoms with Crippen molar-refractivity contribution in [3.63, 3.8) is 0 Å². The summed E-state index contributed by atoms with van der Waals surface area (Å²) in [6, 6.07) is 20.0. The van der Waals surface area contributed by atoms with Crippen molar-refractivity contribution in [2.24, 2.45) is 5.92 Å². The summed E-state index contributed by atoms with van der Waals surface area (Å²) >= 11 is 0. The molecule has 1 aromatic heterocycles. The molecule has 1 fully saturated rings. The van der Waals surface area contributed by atoms with Gasteiger partial charge in [0.05, 0.1) is 0 Å². The van der Waals surface area contributed by atoms with Gasteiger partial charge in [0.1, 0.15) is 29.1 Å². The number of carboxylic acid groups (broad SMARTS) is 1. The van der Waals surface area contributed by atoms with Crippen molar-refractivity contribution in [2.75, 3.05) is 0 Å². The quantitative estimate of drug-likeness (QED) is 0.217. The molecule has 4 aromatic rings. The zero-order valence-electron chi connectivity index (χ0n) is 24.3. The van der Waals surface area contributed by atoms with Crippen LogP contribution in [-0.2, 0) is 23.1 Å². The minimum atomic E-state index is -1.18. The fourth-order valence-electron chi connectivity index (χ4n) is 5.57. The number of ether oxygens (including phenoxy) is 1. The Balaban J connectivity index is 1.42. The molecule has 3 aromatic carbocycles. The number of nitrogens with one attached hydrogen (secondary N) is 1. The van der Waals surface area contributed by atoms with E-state index in [0.717, 1.165) is 41.5 Å². The molecule has 0 spiro atoms. The van der Waals surface area contributed by atoms with Gasteiger partial charge in [-0.1, -0.05) is 76.8 Å². The van der Waals surface area contributed by atoms with Crippen LogP contribution in [0.3, 0.4) is 0 Å². The second-order valence-corrected chi connectivity index (χ2v) is 12.3. The first kappa shape index (κ1) is 29.2. The van der Waals surface area contributed by atoms with Crippen LogP contribution in [-0.4, -0.2) is 28.0 Å². The summed E-state index contributed by atoms with van der Waals surface area (Å²) in [5.41, 5.74) is 2.87. The highest BCUT2D eigenvalue weighted by atomic mass is 19.1. The van der Waals surface area contributed by atoms with Crippen LogP contribution in [0.25, 0.3) is 10.8 Å². The fraction of sp³-hybridized carbons (Fsp3) is 0.343. The van der Waals surface area contributed by atoms with Crippen molar-refractivity contribution in [1.82, 2.24) is 10.3 Å². The number of aromatic nitrogens is 1. The number of halogens is 1. The molecule has 2 N–H and O–H groups in total. The maximum atomic E-state index is 13.3. The van der Waals surface area contributed by atoms with Crippen molar-refractivity contribution in [2.45, 2.75) is 70.8 Å². The van der Waals surface area contributed by atoms with E-state index in [-0.39, 0.29) is 17.5 Å². The van der Waals surface area contributed by atoms with E-state index in [1.807, 2.05) is 30.3 Å². The van der Waals surface area contributed by atoms with Crippen LogP contribution in [0, 0.1) is 11.7 Å². The number of hydrogen-bond donors (Lipinski definition) is 2. The number of hydrogen-bond acceptors (Lipinski definition) is 4. The molecule has 1 saturated carbocycles. The fourth-order valence-corrected chi connectivity index (χ4v) is 5.57. The maximum absolute atomic E-state index is 13.3. The Kier molecular flexibility index (Phi) is 8.57. The first-order chi connectivity index (χ1) is 20.0. The van der Waals surface area contributed by atoms with Gasteiger partial charge in [0.25, 0.3) is 5.91 Å². The molecule has 0 radical (unpaired) electrons. The average Bonchev–Trinajstić information content (AvgIpc) is 3.47. The zero-order chi connectivity index (χ0) is 29.9. The maximum Gasteiger partial charge on any atom is 0.326 e. The summed E-state index contributed by atoms with van der Waals surface area (Å²) in [6.45, 7) is 6.52. The van der Waals surface area contributed by atoms with E-state index in [9.17, 15) is 19.1 Å². The van der Waals surface area contributed by atoms with Gasteiger partial charge in [-0.05, 0) is 76.7 Å². The molecule has 7 heteroatoms. The second-order valence-electron chi connectivity index (χ2n) is 12.3. The molecule has 1 heterocycles. The molecular formula is C35H37FN2O4. The van der Waals surface area contributed by atoms with E-state index in [1.54, 1.807) is 6.07 Å². The van der Waals surface area contributed by atoms with Crippen LogP contribution in [0.1, 0.15) is 73.8 Å². The van der Waals surface area contributed by atoms with Gasteiger partial charge in [0, 0.05) is 17.5 Å². The molecule has 42 heavy (non-hydrogen) atoms. The monoisotopic (exact) mass is 568 g/mol. The number of benzene rings is 3. The highest BCUT2D eigenvalue weighted by Gasteiger charge is 2.24. The Hall–Kier alpha value is -4.26. The zero-order valence-corrected chi connectivity index (χ0v) is 24.3. The van der Waals surface area contributed by atoms with E-state index in [0.29, 0.717) is 17.2 Å². The lowest BCUT2D eigenvalue weighted by molar-refractivity contribution is -0.139. The minimum absolute atomic E-state index is 0.0291. The molecule has 0 aliphatic heterocycles. The third kappa shape index (κ3) is 7.14. The van der Waals surface area contributed by atoms with Crippen molar-refractivity contribution >= 4 is 22.6 Å². The van der Waals surface area contributed by atoms with Crippen molar-refractivity contribution in [3.05, 3.63) is 101 Å². The number of amides is 1. The van der Waals surface area contributed by atoms with Gasteiger partial charge < -0.3 is 15.2 Å². The number of nitrogens with zero attached hydrogens (tertiary/aromatic N) is 1. The van der Waals surface area contributed by atoms with Gasteiger partial charge in [-0.25, -0.2) is 14.2 Å². The van der Waals surface area contributed by atoms with E-state index >= 15 is 0 Å². The predicted molar refractivity (Wildman–Crippen MR) is 162 cm³/mol. The number of carboxylic acids is 1. The Labute approximate surface area is 245 Å². The van der Waals surface area contributed by atoms with Gasteiger partial charge in [-0.2, -0.15) is 0 Å². The van der Waals surface area contributed by atoms with Crippen LogP contribution in [0.2, 0.25) is 0 Å². The van der Waals surface area contributed by atoms with Crippen LogP contribution < -0.4 is 10.1 Å². The lowest BCUT2D eigenvalue weighted by Crippen LogP contribution is -2.42. The molecule has 5 rings (SSSR count). The van der Waals surface area contributed by atoms with Crippen molar-refractivity contribution in [3.8, 4) is 11.5 Å². The van der Waals surface area contributed by atoms with Gasteiger partial charge in [0.2, 0.25) is 0 Å². The smallest absolute Gasteiger partial charge is 0.326 e. The summed E-state index contributed by atoms with van der Waals surface area (Å²) < 4.78 is 19.5. The number of carbonyl (C=O) groups excluding carboxylic acids is 1. The first-order valence-corrected chi connectivity index (χ1v) is 14.6. The molecule has 1 aliphatic rings. The van der Waals surface area contributed by atoms with Crippen LogP contribution >= 0.6 is 0 Å². The average molecular weight is 569 g/mol. The van der Waals surface area contributed by atoms with Gasteiger partial charge in [-0.15, -0.1) is 0 Å². The summed E-state index contributed by atoms with van der Waals surface area (Å²) in [5, 5.41) is 14.2. The van der Waals surface area contributed by atoms with Gasteiger partial charge >= 0.3 is 5.97 Å². The minimum Gasteiger partial charge on any atom is -0.480 e. The highest BCUT2D eigenvalue weighted by Crippen LogP contribution is 2.33. The van der Waals surface area contributed by atoms with Crippen LogP contribution in [0.4, 0.5) is 4.39 Å². The number of fused-ring (bicyclic) bond motifs is 1. The predicted octanol–water partition coefficient (Wildman–Crippen LogP) is 7.62. The van der Waals surface area contributed by atoms with Crippen molar-refractivity contribution < 1.29 is 23.8 Å². The summed E-state index contributed by atoms with van der Waals surface area (Å²) in [5.74, 6) is -0.224. The van der Waals surface area contributed by atoms with E-state index in [4.69, 9.17) is 9.72 Å². The van der Waals surface area contributed by atoms with Crippen LogP contribution in [0.15, 0.2) is 72.8 Å². The third-order valence-corrected chi connectivity index (χ3v) is 7.99. The topological polar surface area (TPSA) is 88.5 Å². The molecule has 1 amide bonds. The number of aliphatic carboxylic acids is 1. The number of carbonyl (C=O) groups is 2. The molecule has 0 bridgehead atoms. The lowest BCUT2D eigenvalue weighted by atomic mass is 9.87. The van der Waals surface area contributed by atoms with E-state index < -0.39 is 23.7 Å². The second kappa shape index (κ2) is 12.3. The Morgan fingerprint density at radius 2 is 1.64 bits per heavy atom. The molecule has 6 nitrogen and oxygen atoms in total. The molecule has 1 aliphatic carbocycles. The third-order valence-electron chi connectivity index (χ3n) is 7.99. The van der Waals surface area contributed by atoms with E-state index in [2.05, 4.69) is 38.2 Å². The largest absolute Gasteiger partial charge is 0.480 e. The lowest BCUT2D eigenvalue weighted by Gasteiger charge is -2.19. The first-order valence-electron chi connectivity index (χ1n) is 14.6. The van der Waals surface area contributed by atoms with Gasteiger partial charge in [-0.3, -0.25) is 4.79 Å². The Morgan fingerprint density at radius 3 is 2.29 bits per heavy atom.